The van der Waals surface area contributed by atoms with E-state index >= 15 is 0 Å². The van der Waals surface area contributed by atoms with Crippen LogP contribution in [0.25, 0.3) is 0 Å². The summed E-state index contributed by atoms with van der Waals surface area (Å²) in [5.41, 5.74) is 0.217. The van der Waals surface area contributed by atoms with E-state index in [1.807, 2.05) is 11.8 Å². The quantitative estimate of drug-likeness (QED) is 0.763. The van der Waals surface area contributed by atoms with Crippen molar-refractivity contribution >= 4 is 11.8 Å². The second kappa shape index (κ2) is 3.71. The first-order valence-corrected chi connectivity index (χ1v) is 7.16. The molecule has 3 fully saturated rings. The molecule has 14 heavy (non-hydrogen) atoms. The Kier molecular flexibility index (Phi) is 2.87. The van der Waals surface area contributed by atoms with Gasteiger partial charge in [0, 0.05) is 0 Å². The summed E-state index contributed by atoms with van der Waals surface area (Å²) in [6.07, 6.45) is 6.05. The summed E-state index contributed by atoms with van der Waals surface area (Å²) < 4.78 is 0. The van der Waals surface area contributed by atoms with Gasteiger partial charge >= 0.3 is 0 Å². The summed E-state index contributed by atoms with van der Waals surface area (Å²) in [4.78, 5) is 0. The third kappa shape index (κ3) is 1.42. The molecule has 0 radical (unpaired) electrons. The molecule has 3 aliphatic carbocycles. The van der Waals surface area contributed by atoms with Crippen molar-refractivity contribution in [1.29, 1.82) is 0 Å². The zero-order chi connectivity index (χ0) is 10.3. The van der Waals surface area contributed by atoms with Crippen molar-refractivity contribution in [2.75, 3.05) is 12.0 Å². The normalized spacial score (nSPS) is 52.3. The largest absolute Gasteiger partial charge is 0.392 e. The first-order valence-electron chi connectivity index (χ1n) is 5.76. The molecule has 2 bridgehead atoms. The fourth-order valence-corrected chi connectivity index (χ4v) is 4.42. The number of thioether (sulfide) groups is 1. The predicted octanol–water partition coefficient (Wildman–Crippen LogP) is 2.78. The van der Waals surface area contributed by atoms with Crippen LogP contribution >= 0.6 is 11.8 Å². The highest BCUT2D eigenvalue weighted by Crippen LogP contribution is 2.56. The van der Waals surface area contributed by atoms with Gasteiger partial charge in [-0.15, -0.1) is 0 Å². The summed E-state index contributed by atoms with van der Waals surface area (Å²) in [6.45, 7) is 4.62. The number of hydrogen-bond donors (Lipinski definition) is 1. The molecule has 0 aromatic carbocycles. The lowest BCUT2D eigenvalue weighted by molar-refractivity contribution is -0.135. The van der Waals surface area contributed by atoms with Crippen molar-refractivity contribution < 1.29 is 5.11 Å². The van der Waals surface area contributed by atoms with E-state index in [4.69, 9.17) is 0 Å². The second-order valence-corrected chi connectivity index (χ2v) is 6.42. The lowest BCUT2D eigenvalue weighted by Gasteiger charge is -2.56. The highest BCUT2D eigenvalue weighted by atomic mass is 32.2. The minimum atomic E-state index is -0.0440. The lowest BCUT2D eigenvalue weighted by Crippen LogP contribution is -2.55. The summed E-state index contributed by atoms with van der Waals surface area (Å²) >= 11 is 1.89. The molecule has 1 N–H and O–H groups in total. The molecular formula is C12H22OS. The number of fused-ring (bicyclic) bond motifs is 3. The number of aliphatic hydroxyl groups is 1. The minimum absolute atomic E-state index is 0.0440. The maximum Gasteiger partial charge on any atom is 0.0634 e. The summed E-state index contributed by atoms with van der Waals surface area (Å²) in [7, 11) is 0. The van der Waals surface area contributed by atoms with Crippen molar-refractivity contribution in [2.45, 2.75) is 39.2 Å². The highest BCUT2D eigenvalue weighted by molar-refractivity contribution is 7.98. The van der Waals surface area contributed by atoms with E-state index in [0.29, 0.717) is 11.8 Å². The zero-order valence-corrected chi connectivity index (χ0v) is 10.3. The van der Waals surface area contributed by atoms with E-state index in [1.54, 1.807) is 0 Å². The summed E-state index contributed by atoms with van der Waals surface area (Å²) in [6, 6.07) is 0. The van der Waals surface area contributed by atoms with Crippen LogP contribution in [0, 0.1) is 23.2 Å². The van der Waals surface area contributed by atoms with Crippen LogP contribution in [0.4, 0.5) is 0 Å². The molecule has 0 saturated heterocycles. The molecule has 3 aliphatic rings. The third-order valence-corrected chi connectivity index (χ3v) is 5.60. The average molecular weight is 214 g/mol. The van der Waals surface area contributed by atoms with Crippen LogP contribution in [0.5, 0.6) is 0 Å². The van der Waals surface area contributed by atoms with Crippen molar-refractivity contribution in [3.05, 3.63) is 0 Å². The van der Waals surface area contributed by atoms with Gasteiger partial charge in [0.05, 0.1) is 6.10 Å². The first kappa shape index (κ1) is 10.8. The molecule has 0 aromatic rings. The number of aliphatic hydroxyl groups excluding tert-OH is 1. The topological polar surface area (TPSA) is 20.2 Å². The fourth-order valence-electron chi connectivity index (χ4n) is 3.58. The molecular weight excluding hydrogens is 192 g/mol. The van der Waals surface area contributed by atoms with E-state index in [9.17, 15) is 5.11 Å². The zero-order valence-electron chi connectivity index (χ0n) is 9.49. The molecule has 3 rings (SSSR count). The number of hydrogen-bond acceptors (Lipinski definition) is 2. The van der Waals surface area contributed by atoms with Gasteiger partial charge in [-0.05, 0) is 54.4 Å². The molecule has 0 aliphatic heterocycles. The van der Waals surface area contributed by atoms with Crippen molar-refractivity contribution in [3.63, 3.8) is 0 Å². The van der Waals surface area contributed by atoms with E-state index in [1.165, 1.54) is 19.3 Å². The predicted molar refractivity (Wildman–Crippen MR) is 62.5 cm³/mol. The molecule has 5 atom stereocenters. The van der Waals surface area contributed by atoms with Gasteiger partial charge in [-0.3, -0.25) is 0 Å². The van der Waals surface area contributed by atoms with Crippen LogP contribution in [0.1, 0.15) is 33.1 Å². The standard InChI is InChI=1S/C12H22OS/c1-8-6-9-4-5-12(8,2)11(13)10(9)7-14-3/h8-11,13H,4-7H2,1-3H3/t8-,9+,10+,11-,12-/m1/s1. The summed E-state index contributed by atoms with van der Waals surface area (Å²) in [5, 5.41) is 10.4. The van der Waals surface area contributed by atoms with E-state index < -0.39 is 0 Å². The Morgan fingerprint density at radius 1 is 1.50 bits per heavy atom. The molecule has 82 valence electrons. The van der Waals surface area contributed by atoms with Gasteiger partial charge in [-0.2, -0.15) is 11.8 Å². The van der Waals surface area contributed by atoms with Crippen molar-refractivity contribution in [3.8, 4) is 0 Å². The highest BCUT2D eigenvalue weighted by Gasteiger charge is 2.53. The van der Waals surface area contributed by atoms with Gasteiger partial charge in [0.15, 0.2) is 0 Å². The fraction of sp³-hybridized carbons (Fsp3) is 1.00. The molecule has 0 unspecified atom stereocenters. The molecule has 3 saturated carbocycles. The van der Waals surface area contributed by atoms with Crippen molar-refractivity contribution in [1.82, 2.24) is 0 Å². The molecule has 0 amide bonds. The number of rotatable bonds is 2. The van der Waals surface area contributed by atoms with Crippen molar-refractivity contribution in [2.24, 2.45) is 23.2 Å². The Hall–Kier alpha value is 0.310. The second-order valence-electron chi connectivity index (χ2n) is 5.51. The van der Waals surface area contributed by atoms with Gasteiger partial charge < -0.3 is 5.11 Å². The molecule has 2 heteroatoms. The monoisotopic (exact) mass is 214 g/mol. The van der Waals surface area contributed by atoms with Gasteiger partial charge in [-0.1, -0.05) is 13.8 Å². The SMILES string of the molecule is CSC[C@H]1[C@H]2CC[C@](C)([C@H](C)C2)[C@@H]1O. The van der Waals surface area contributed by atoms with Gasteiger partial charge in [0.1, 0.15) is 0 Å². The Bertz CT molecular complexity index is 218. The van der Waals surface area contributed by atoms with Crippen LogP contribution in [0.3, 0.4) is 0 Å². The minimum Gasteiger partial charge on any atom is -0.392 e. The maximum absolute atomic E-state index is 10.4. The summed E-state index contributed by atoms with van der Waals surface area (Å²) in [5.74, 6) is 3.23. The van der Waals surface area contributed by atoms with E-state index in [-0.39, 0.29) is 11.5 Å². The smallest absolute Gasteiger partial charge is 0.0634 e. The third-order valence-electron chi connectivity index (χ3n) is 4.88. The van der Waals surface area contributed by atoms with E-state index in [0.717, 1.165) is 11.7 Å². The molecule has 0 aromatic heterocycles. The Morgan fingerprint density at radius 2 is 2.21 bits per heavy atom. The molecule has 0 heterocycles. The van der Waals surface area contributed by atoms with Crippen LogP contribution in [0.2, 0.25) is 0 Å². The average Bonchev–Trinajstić information content (AvgIpc) is 2.16. The Labute approximate surface area is 91.7 Å². The maximum atomic E-state index is 10.4. The Balaban J connectivity index is 2.18. The molecule has 1 nitrogen and oxygen atoms in total. The Morgan fingerprint density at radius 3 is 2.79 bits per heavy atom. The molecule has 0 spiro atoms. The van der Waals surface area contributed by atoms with Crippen LogP contribution < -0.4 is 0 Å². The van der Waals surface area contributed by atoms with Crippen LogP contribution in [-0.4, -0.2) is 23.2 Å². The van der Waals surface area contributed by atoms with Gasteiger partial charge in [-0.25, -0.2) is 0 Å². The van der Waals surface area contributed by atoms with Gasteiger partial charge in [0.25, 0.3) is 0 Å². The van der Waals surface area contributed by atoms with Crippen LogP contribution in [0.15, 0.2) is 0 Å². The van der Waals surface area contributed by atoms with Gasteiger partial charge in [0.2, 0.25) is 0 Å². The lowest BCUT2D eigenvalue weighted by atomic mass is 9.51. The first-order chi connectivity index (χ1) is 6.59. The van der Waals surface area contributed by atoms with E-state index in [2.05, 4.69) is 20.1 Å². The van der Waals surface area contributed by atoms with Crippen LogP contribution in [-0.2, 0) is 0 Å².